The molecule has 94 valence electrons. The van der Waals surface area contributed by atoms with Gasteiger partial charge in [0.25, 0.3) is 0 Å². The maximum atomic E-state index is 13.4. The highest BCUT2D eigenvalue weighted by Crippen LogP contribution is 2.14. The van der Waals surface area contributed by atoms with Crippen molar-refractivity contribution in [3.05, 3.63) is 34.6 Å². The van der Waals surface area contributed by atoms with E-state index in [1.165, 1.54) is 0 Å². The van der Waals surface area contributed by atoms with Crippen molar-refractivity contribution >= 4 is 17.3 Å². The van der Waals surface area contributed by atoms with Crippen LogP contribution in [0.2, 0.25) is 0 Å². The van der Waals surface area contributed by atoms with Gasteiger partial charge in [-0.15, -0.1) is 0 Å². The molecule has 1 aromatic rings. The number of hydrogen-bond donors (Lipinski definition) is 2. The van der Waals surface area contributed by atoms with E-state index in [9.17, 15) is 4.39 Å². The third-order valence-corrected chi connectivity index (χ3v) is 2.77. The molecule has 0 unspecified atom stereocenters. The molecule has 0 fully saturated rings. The molecule has 17 heavy (non-hydrogen) atoms. The van der Waals surface area contributed by atoms with E-state index in [0.717, 1.165) is 18.5 Å². The zero-order chi connectivity index (χ0) is 12.8. The molecule has 1 aromatic carbocycles. The number of rotatable bonds is 4. The molecule has 0 bridgehead atoms. The van der Waals surface area contributed by atoms with E-state index < -0.39 is 0 Å². The number of hydrogen-bond acceptors (Lipinski definition) is 1. The molecule has 0 saturated heterocycles. The Bertz CT molecular complexity index is 381. The molecule has 0 aliphatic heterocycles. The normalized spacial score (nSPS) is 10.1. The van der Waals surface area contributed by atoms with Crippen LogP contribution in [0, 0.1) is 19.7 Å². The van der Waals surface area contributed by atoms with Crippen molar-refractivity contribution in [2.24, 2.45) is 0 Å². The summed E-state index contributed by atoms with van der Waals surface area (Å²) in [5, 5.41) is 6.84. The molecule has 0 aliphatic rings. The predicted octanol–water partition coefficient (Wildman–Crippen LogP) is 2.82. The molecular formula is C13H19FN2S. The van der Waals surface area contributed by atoms with Crippen LogP contribution >= 0.6 is 12.2 Å². The summed E-state index contributed by atoms with van der Waals surface area (Å²) >= 11 is 5.11. The average Bonchev–Trinajstić information content (AvgIpc) is 2.30. The maximum absolute atomic E-state index is 13.4. The summed E-state index contributed by atoms with van der Waals surface area (Å²) in [6, 6.07) is 3.69. The highest BCUT2D eigenvalue weighted by molar-refractivity contribution is 7.80. The Labute approximate surface area is 108 Å². The SMILES string of the molecule is CCCNC(=S)NCc1cc(C)c(F)c(C)c1. The van der Waals surface area contributed by atoms with Crippen molar-refractivity contribution in [2.75, 3.05) is 6.54 Å². The van der Waals surface area contributed by atoms with Crippen LogP contribution in [0.3, 0.4) is 0 Å². The van der Waals surface area contributed by atoms with Gasteiger partial charge < -0.3 is 10.6 Å². The Morgan fingerprint density at radius 1 is 1.24 bits per heavy atom. The lowest BCUT2D eigenvalue weighted by Gasteiger charge is -2.11. The minimum Gasteiger partial charge on any atom is -0.363 e. The molecule has 0 atom stereocenters. The first-order valence-corrected chi connectivity index (χ1v) is 6.22. The van der Waals surface area contributed by atoms with Gasteiger partial charge in [0, 0.05) is 13.1 Å². The maximum Gasteiger partial charge on any atom is 0.166 e. The van der Waals surface area contributed by atoms with Crippen LogP contribution in [0.15, 0.2) is 12.1 Å². The van der Waals surface area contributed by atoms with E-state index in [2.05, 4.69) is 17.6 Å². The van der Waals surface area contributed by atoms with E-state index >= 15 is 0 Å². The summed E-state index contributed by atoms with van der Waals surface area (Å²) in [6.45, 7) is 7.13. The molecule has 2 nitrogen and oxygen atoms in total. The summed E-state index contributed by atoms with van der Waals surface area (Å²) in [6.07, 6.45) is 1.04. The molecule has 1 rings (SSSR count). The van der Waals surface area contributed by atoms with Gasteiger partial charge in [-0.2, -0.15) is 0 Å². The smallest absolute Gasteiger partial charge is 0.166 e. The number of halogens is 1. The zero-order valence-corrected chi connectivity index (χ0v) is 11.4. The lowest BCUT2D eigenvalue weighted by molar-refractivity contribution is 0.608. The van der Waals surface area contributed by atoms with Crippen LogP contribution in [-0.2, 0) is 6.54 Å². The van der Waals surface area contributed by atoms with Crippen LogP contribution in [0.1, 0.15) is 30.0 Å². The van der Waals surface area contributed by atoms with Crippen LogP contribution < -0.4 is 10.6 Å². The van der Waals surface area contributed by atoms with Crippen LogP contribution in [0.4, 0.5) is 4.39 Å². The summed E-state index contributed by atoms with van der Waals surface area (Å²) < 4.78 is 13.4. The number of benzene rings is 1. The molecule has 0 amide bonds. The first-order valence-electron chi connectivity index (χ1n) is 5.82. The Balaban J connectivity index is 2.55. The number of nitrogens with one attached hydrogen (secondary N) is 2. The van der Waals surface area contributed by atoms with Crippen LogP contribution in [0.5, 0.6) is 0 Å². The summed E-state index contributed by atoms with van der Waals surface area (Å²) in [5.41, 5.74) is 2.39. The van der Waals surface area contributed by atoms with E-state index in [-0.39, 0.29) is 5.82 Å². The van der Waals surface area contributed by atoms with Crippen molar-refractivity contribution in [1.29, 1.82) is 0 Å². The molecule has 0 heterocycles. The third-order valence-electron chi connectivity index (χ3n) is 2.48. The summed E-state index contributed by atoms with van der Waals surface area (Å²) in [5.74, 6) is -0.125. The number of thiocarbonyl (C=S) groups is 1. The highest BCUT2D eigenvalue weighted by Gasteiger charge is 2.04. The van der Waals surface area contributed by atoms with Gasteiger partial charge in [0.15, 0.2) is 5.11 Å². The van der Waals surface area contributed by atoms with Gasteiger partial charge in [-0.3, -0.25) is 0 Å². The summed E-state index contributed by atoms with van der Waals surface area (Å²) in [4.78, 5) is 0. The van der Waals surface area contributed by atoms with Gasteiger partial charge in [0.1, 0.15) is 5.82 Å². The highest BCUT2D eigenvalue weighted by atomic mass is 32.1. The Morgan fingerprint density at radius 2 is 1.82 bits per heavy atom. The minimum atomic E-state index is -0.125. The average molecular weight is 254 g/mol. The van der Waals surface area contributed by atoms with Gasteiger partial charge >= 0.3 is 0 Å². The fourth-order valence-corrected chi connectivity index (χ4v) is 1.80. The molecule has 0 saturated carbocycles. The van der Waals surface area contributed by atoms with Crippen LogP contribution in [-0.4, -0.2) is 11.7 Å². The Morgan fingerprint density at radius 3 is 2.35 bits per heavy atom. The second-order valence-electron chi connectivity index (χ2n) is 4.15. The molecule has 2 N–H and O–H groups in total. The van der Waals surface area contributed by atoms with Gasteiger partial charge in [-0.1, -0.05) is 19.1 Å². The van der Waals surface area contributed by atoms with E-state index in [1.54, 1.807) is 13.8 Å². The van der Waals surface area contributed by atoms with Crippen molar-refractivity contribution in [3.8, 4) is 0 Å². The van der Waals surface area contributed by atoms with Crippen molar-refractivity contribution < 1.29 is 4.39 Å². The molecule has 0 spiro atoms. The molecule has 4 heteroatoms. The fourth-order valence-electron chi connectivity index (χ4n) is 1.62. The monoisotopic (exact) mass is 254 g/mol. The minimum absolute atomic E-state index is 0.125. The standard InChI is InChI=1S/C13H19FN2S/c1-4-5-15-13(17)16-8-11-6-9(2)12(14)10(3)7-11/h6-7H,4-5,8H2,1-3H3,(H2,15,16,17). The number of aryl methyl sites for hydroxylation is 2. The largest absolute Gasteiger partial charge is 0.363 e. The van der Waals surface area contributed by atoms with Crippen LogP contribution in [0.25, 0.3) is 0 Å². The topological polar surface area (TPSA) is 24.1 Å². The summed E-state index contributed by atoms with van der Waals surface area (Å²) in [7, 11) is 0. The Kier molecular flexibility index (Phi) is 5.35. The fraction of sp³-hybridized carbons (Fsp3) is 0.462. The quantitative estimate of drug-likeness (QED) is 0.808. The lowest BCUT2D eigenvalue weighted by atomic mass is 10.1. The van der Waals surface area contributed by atoms with Crippen molar-refractivity contribution in [2.45, 2.75) is 33.7 Å². The van der Waals surface area contributed by atoms with Crippen molar-refractivity contribution in [1.82, 2.24) is 10.6 Å². The van der Waals surface area contributed by atoms with Gasteiger partial charge in [0.2, 0.25) is 0 Å². The van der Waals surface area contributed by atoms with E-state index in [4.69, 9.17) is 12.2 Å². The molecule has 0 radical (unpaired) electrons. The van der Waals surface area contributed by atoms with Crippen molar-refractivity contribution in [3.63, 3.8) is 0 Å². The Hall–Kier alpha value is -1.16. The molecule has 0 aromatic heterocycles. The van der Waals surface area contributed by atoms with E-state index in [0.29, 0.717) is 22.8 Å². The van der Waals surface area contributed by atoms with Gasteiger partial charge in [-0.05, 0) is 49.2 Å². The van der Waals surface area contributed by atoms with Gasteiger partial charge in [-0.25, -0.2) is 4.39 Å². The van der Waals surface area contributed by atoms with E-state index in [1.807, 2.05) is 12.1 Å². The van der Waals surface area contributed by atoms with Gasteiger partial charge in [0.05, 0.1) is 0 Å². The second kappa shape index (κ2) is 6.55. The second-order valence-corrected chi connectivity index (χ2v) is 4.56. The molecular weight excluding hydrogens is 235 g/mol. The third kappa shape index (κ3) is 4.30. The lowest BCUT2D eigenvalue weighted by Crippen LogP contribution is -2.35. The zero-order valence-electron chi connectivity index (χ0n) is 10.6. The first kappa shape index (κ1) is 13.9. The predicted molar refractivity (Wildman–Crippen MR) is 73.6 cm³/mol. The molecule has 0 aliphatic carbocycles. The first-order chi connectivity index (χ1) is 8.04.